The Hall–Kier alpha value is -1.60. The number of likely N-dealkylation sites (tertiary alicyclic amines) is 1. The molecule has 24 heavy (non-hydrogen) atoms. The van der Waals surface area contributed by atoms with E-state index in [1.807, 2.05) is 11.0 Å². The second-order valence-corrected chi connectivity index (χ2v) is 6.49. The van der Waals surface area contributed by atoms with E-state index in [0.29, 0.717) is 38.4 Å². The molecular weight excluding hydrogens is 316 g/mol. The second kappa shape index (κ2) is 7.98. The van der Waals surface area contributed by atoms with Crippen molar-refractivity contribution in [1.82, 2.24) is 9.88 Å². The molecule has 2 heterocycles. The number of nitrogens with zero attached hydrogens (tertiary/aromatic N) is 2. The van der Waals surface area contributed by atoms with E-state index in [1.54, 1.807) is 12.4 Å². The number of nitrogens with one attached hydrogen (secondary N) is 1. The summed E-state index contributed by atoms with van der Waals surface area (Å²) in [7, 11) is 0. The largest absolute Gasteiger partial charge is 0.372 e. The van der Waals surface area contributed by atoms with Gasteiger partial charge in [-0.15, -0.1) is 0 Å². The van der Waals surface area contributed by atoms with Crippen molar-refractivity contribution in [2.45, 2.75) is 44.1 Å². The number of aromatic nitrogens is 1. The fourth-order valence-corrected chi connectivity index (χ4v) is 3.10. The summed E-state index contributed by atoms with van der Waals surface area (Å²) in [6, 6.07) is 1.97. The molecule has 1 aromatic heterocycles. The lowest BCUT2D eigenvalue weighted by Crippen LogP contribution is -2.41. The van der Waals surface area contributed by atoms with Crippen LogP contribution in [0.5, 0.6) is 0 Å². The molecule has 1 N–H and O–H groups in total. The lowest BCUT2D eigenvalue weighted by atomic mass is 10.1. The van der Waals surface area contributed by atoms with Gasteiger partial charge in [0.1, 0.15) is 6.61 Å². The molecule has 1 saturated carbocycles. The molecule has 3 rings (SSSR count). The van der Waals surface area contributed by atoms with E-state index in [-0.39, 0.29) is 12.0 Å². The average molecular weight is 339 g/mol. The molecule has 2 fully saturated rings. The van der Waals surface area contributed by atoms with Crippen LogP contribution in [-0.4, -0.2) is 54.6 Å². The van der Waals surface area contributed by atoms with Gasteiger partial charge in [0.25, 0.3) is 6.43 Å². The minimum Gasteiger partial charge on any atom is -0.372 e. The normalized spacial score (nSPS) is 19.6. The van der Waals surface area contributed by atoms with Gasteiger partial charge in [-0.2, -0.15) is 0 Å². The number of carbonyl (C=O) groups is 1. The molecule has 5 nitrogen and oxygen atoms in total. The van der Waals surface area contributed by atoms with Gasteiger partial charge in [0.05, 0.1) is 24.5 Å². The Balaban J connectivity index is 1.43. The Kier molecular flexibility index (Phi) is 5.73. The van der Waals surface area contributed by atoms with E-state index < -0.39 is 13.0 Å². The van der Waals surface area contributed by atoms with E-state index in [4.69, 9.17) is 4.74 Å². The fourth-order valence-electron chi connectivity index (χ4n) is 3.10. The number of amides is 1. The summed E-state index contributed by atoms with van der Waals surface area (Å²) < 4.78 is 29.4. The Morgan fingerprint density at radius 1 is 1.33 bits per heavy atom. The molecule has 1 aliphatic carbocycles. The summed E-state index contributed by atoms with van der Waals surface area (Å²) in [5.74, 6) is 0.489. The number of alkyl halides is 2. The highest BCUT2D eigenvalue weighted by Crippen LogP contribution is 2.42. The summed E-state index contributed by atoms with van der Waals surface area (Å²) in [6.07, 6.45) is 4.61. The number of carbonyl (C=O) groups excluding carboxylic acids is 1. The molecule has 0 bridgehead atoms. The average Bonchev–Trinajstić information content (AvgIpc) is 3.39. The molecular formula is C17H23F2N3O2. The van der Waals surface area contributed by atoms with E-state index in [0.717, 1.165) is 11.3 Å². The molecule has 7 heteroatoms. The smallest absolute Gasteiger partial charge is 0.261 e. The Labute approximate surface area is 140 Å². The minimum atomic E-state index is -2.42. The van der Waals surface area contributed by atoms with Gasteiger partial charge in [-0.1, -0.05) is 0 Å². The quantitative estimate of drug-likeness (QED) is 0.830. The number of pyridine rings is 1. The Morgan fingerprint density at radius 3 is 2.75 bits per heavy atom. The van der Waals surface area contributed by atoms with E-state index in [2.05, 4.69) is 10.3 Å². The third kappa shape index (κ3) is 4.95. The summed E-state index contributed by atoms with van der Waals surface area (Å²) in [6.45, 7) is 1.17. The number of halogens is 2. The summed E-state index contributed by atoms with van der Waals surface area (Å²) in [4.78, 5) is 18.4. The zero-order valence-corrected chi connectivity index (χ0v) is 13.6. The number of hydrogen-bond donors (Lipinski definition) is 1. The van der Waals surface area contributed by atoms with Crippen molar-refractivity contribution in [3.63, 3.8) is 0 Å². The maximum atomic E-state index is 12.3. The Morgan fingerprint density at radius 2 is 2.08 bits per heavy atom. The summed E-state index contributed by atoms with van der Waals surface area (Å²) in [5.41, 5.74) is 1.97. The van der Waals surface area contributed by atoms with Gasteiger partial charge in [0.15, 0.2) is 0 Å². The maximum absolute atomic E-state index is 12.3. The van der Waals surface area contributed by atoms with Gasteiger partial charge in [-0.05, 0) is 43.2 Å². The van der Waals surface area contributed by atoms with Crippen molar-refractivity contribution in [2.75, 3.05) is 31.6 Å². The molecule has 0 spiro atoms. The van der Waals surface area contributed by atoms with E-state index >= 15 is 0 Å². The first-order valence-corrected chi connectivity index (χ1v) is 8.47. The van der Waals surface area contributed by atoms with Crippen molar-refractivity contribution in [3.8, 4) is 0 Å². The number of piperidine rings is 1. The predicted octanol–water partition coefficient (Wildman–Crippen LogP) is 2.64. The molecule has 1 aromatic rings. The first-order chi connectivity index (χ1) is 11.6. The van der Waals surface area contributed by atoms with Gasteiger partial charge < -0.3 is 10.1 Å². The van der Waals surface area contributed by atoms with Crippen LogP contribution in [0, 0.1) is 0 Å². The first kappa shape index (κ1) is 17.2. The van der Waals surface area contributed by atoms with Crippen molar-refractivity contribution in [2.24, 2.45) is 0 Å². The lowest BCUT2D eigenvalue weighted by molar-refractivity contribution is -0.118. The van der Waals surface area contributed by atoms with Crippen molar-refractivity contribution in [3.05, 3.63) is 24.0 Å². The van der Waals surface area contributed by atoms with Gasteiger partial charge in [0, 0.05) is 19.3 Å². The molecule has 132 valence electrons. The highest BCUT2D eigenvalue weighted by molar-refractivity contribution is 5.93. The van der Waals surface area contributed by atoms with Crippen molar-refractivity contribution >= 4 is 11.6 Å². The summed E-state index contributed by atoms with van der Waals surface area (Å²) in [5, 5.41) is 2.96. The van der Waals surface area contributed by atoms with Gasteiger partial charge in [-0.3, -0.25) is 14.7 Å². The molecule has 0 atom stereocenters. The number of ether oxygens (including phenoxy) is 1. The number of rotatable bonds is 7. The molecule has 0 unspecified atom stereocenters. The van der Waals surface area contributed by atoms with Crippen molar-refractivity contribution < 1.29 is 18.3 Å². The lowest BCUT2D eigenvalue weighted by Gasteiger charge is -2.31. The number of hydrogen-bond acceptors (Lipinski definition) is 4. The predicted molar refractivity (Wildman–Crippen MR) is 86.3 cm³/mol. The molecule has 1 saturated heterocycles. The third-order valence-electron chi connectivity index (χ3n) is 4.51. The van der Waals surface area contributed by atoms with Gasteiger partial charge >= 0.3 is 0 Å². The van der Waals surface area contributed by atoms with Crippen molar-refractivity contribution in [1.29, 1.82) is 0 Å². The van der Waals surface area contributed by atoms with Crippen LogP contribution in [0.3, 0.4) is 0 Å². The zero-order chi connectivity index (χ0) is 16.9. The second-order valence-electron chi connectivity index (χ2n) is 6.49. The van der Waals surface area contributed by atoms with E-state index in [9.17, 15) is 13.6 Å². The summed E-state index contributed by atoms with van der Waals surface area (Å²) >= 11 is 0. The highest BCUT2D eigenvalue weighted by Gasteiger charge is 2.27. The minimum absolute atomic E-state index is 0.0585. The van der Waals surface area contributed by atoms with Crippen LogP contribution in [0.2, 0.25) is 0 Å². The van der Waals surface area contributed by atoms with Gasteiger partial charge in [0.2, 0.25) is 5.91 Å². The zero-order valence-electron chi connectivity index (χ0n) is 13.6. The first-order valence-electron chi connectivity index (χ1n) is 8.47. The SMILES string of the molecule is O=C(CN1CCC(OCC(F)F)CC1)Nc1cnccc1C1CC1. The maximum Gasteiger partial charge on any atom is 0.261 e. The topological polar surface area (TPSA) is 54.5 Å². The van der Waals surface area contributed by atoms with Crippen LogP contribution in [-0.2, 0) is 9.53 Å². The van der Waals surface area contributed by atoms with Crippen LogP contribution in [0.25, 0.3) is 0 Å². The monoisotopic (exact) mass is 339 g/mol. The van der Waals surface area contributed by atoms with Crippen LogP contribution < -0.4 is 5.32 Å². The highest BCUT2D eigenvalue weighted by atomic mass is 19.3. The Bertz CT molecular complexity index is 559. The number of anilines is 1. The van der Waals surface area contributed by atoms with Crippen LogP contribution >= 0.6 is 0 Å². The molecule has 0 radical (unpaired) electrons. The fraction of sp³-hybridized carbons (Fsp3) is 0.647. The molecule has 1 aliphatic heterocycles. The molecule has 0 aromatic carbocycles. The third-order valence-corrected chi connectivity index (χ3v) is 4.51. The standard InChI is InChI=1S/C17H23F2N3O2/c18-16(19)11-24-13-4-7-22(8-5-13)10-17(23)21-15-9-20-6-3-14(15)12-1-2-12/h3,6,9,12-13,16H,1-2,4-5,7-8,10-11H2,(H,21,23). The van der Waals surface area contributed by atoms with Crippen LogP contribution in [0.1, 0.15) is 37.2 Å². The van der Waals surface area contributed by atoms with Gasteiger partial charge in [-0.25, -0.2) is 8.78 Å². The van der Waals surface area contributed by atoms with Crippen LogP contribution in [0.4, 0.5) is 14.5 Å². The van der Waals surface area contributed by atoms with Crippen LogP contribution in [0.15, 0.2) is 18.5 Å². The molecule has 1 amide bonds. The molecule has 2 aliphatic rings. The van der Waals surface area contributed by atoms with E-state index in [1.165, 1.54) is 12.8 Å².